The molecule has 1 fully saturated rings. The molecule has 2 amide bonds. The number of nitrogens with two attached hydrogens (primary N) is 1. The first-order valence-electron chi connectivity index (χ1n) is 11.0. The number of hydrogen-bond donors (Lipinski definition) is 5. The molecule has 6 N–H and O–H groups in total. The van der Waals surface area contributed by atoms with Crippen molar-refractivity contribution in [2.45, 2.75) is 32.2 Å². The van der Waals surface area contributed by atoms with E-state index in [1.54, 1.807) is 24.3 Å². The third kappa shape index (κ3) is 7.57. The fourth-order valence-corrected chi connectivity index (χ4v) is 4.13. The van der Waals surface area contributed by atoms with E-state index in [-0.39, 0.29) is 24.2 Å². The summed E-state index contributed by atoms with van der Waals surface area (Å²) in [6, 6.07) is 12.0. The van der Waals surface area contributed by atoms with Crippen LogP contribution in [-0.2, 0) is 9.59 Å². The van der Waals surface area contributed by atoms with Gasteiger partial charge >= 0.3 is 0 Å². The number of halogens is 1. The molecule has 9 heteroatoms. The third-order valence-electron chi connectivity index (χ3n) is 5.57. The Labute approximate surface area is 202 Å². The molecule has 8 nitrogen and oxygen atoms in total. The van der Waals surface area contributed by atoms with Gasteiger partial charge in [0.25, 0.3) is 0 Å². The third-order valence-corrected chi connectivity index (χ3v) is 6.19. The van der Waals surface area contributed by atoms with Gasteiger partial charge in [0.1, 0.15) is 18.0 Å². The first-order valence-corrected chi connectivity index (χ1v) is 11.8. The lowest BCUT2D eigenvalue weighted by atomic mass is 9.99. The van der Waals surface area contributed by atoms with Gasteiger partial charge < -0.3 is 26.4 Å². The molecule has 176 valence electrons. The summed E-state index contributed by atoms with van der Waals surface area (Å²) in [6.07, 6.45) is 1.95. The van der Waals surface area contributed by atoms with Crippen molar-refractivity contribution in [2.75, 3.05) is 25.0 Å². The average Bonchev–Trinajstić information content (AvgIpc) is 2.79. The van der Waals surface area contributed by atoms with Crippen molar-refractivity contribution in [1.82, 2.24) is 10.6 Å². The quantitative estimate of drug-likeness (QED) is 0.198. The Morgan fingerprint density at radius 2 is 1.88 bits per heavy atom. The molecule has 1 saturated heterocycles. The molecule has 0 saturated carbocycles. The first-order chi connectivity index (χ1) is 15.8. The fraction of sp³-hybridized carbons (Fsp3) is 0.375. The van der Waals surface area contributed by atoms with Gasteiger partial charge in [-0.2, -0.15) is 0 Å². The zero-order valence-corrected chi connectivity index (χ0v) is 20.2. The number of carbonyl (C=O) groups is 2. The summed E-state index contributed by atoms with van der Waals surface area (Å²) in [7, 11) is 0. The van der Waals surface area contributed by atoms with Crippen LogP contribution in [0.15, 0.2) is 46.9 Å². The Hall–Kier alpha value is -2.91. The molecule has 3 rings (SSSR count). The summed E-state index contributed by atoms with van der Waals surface area (Å²) >= 11 is 3.56. The lowest BCUT2D eigenvalue weighted by Gasteiger charge is -2.23. The van der Waals surface area contributed by atoms with Crippen LogP contribution in [0.25, 0.3) is 0 Å². The number of hydrogen-bond acceptors (Lipinski definition) is 5. The van der Waals surface area contributed by atoms with Gasteiger partial charge in [0.15, 0.2) is 0 Å². The van der Waals surface area contributed by atoms with Crippen molar-refractivity contribution in [3.8, 4) is 5.75 Å². The van der Waals surface area contributed by atoms with E-state index in [1.807, 2.05) is 25.1 Å². The van der Waals surface area contributed by atoms with Crippen molar-refractivity contribution < 1.29 is 14.3 Å². The van der Waals surface area contributed by atoms with E-state index in [0.717, 1.165) is 41.7 Å². The summed E-state index contributed by atoms with van der Waals surface area (Å²) in [5, 5.41) is 16.3. The standard InChI is InChI=1S/C24H30BrN5O3/c1-15(18-4-7-21(20(25)12-18)33-14-16-8-10-28-11-9-16)29-22(31)13-23(32)30-19-5-2-17(3-6-19)24(26)27/h2-7,12,15-16,28H,8-11,13-14H2,1H3,(H3,26,27)(H,29,31)(H,30,32). The molecule has 2 aromatic carbocycles. The minimum Gasteiger partial charge on any atom is -0.492 e. The Morgan fingerprint density at radius 3 is 2.52 bits per heavy atom. The number of rotatable bonds is 9. The van der Waals surface area contributed by atoms with Gasteiger partial charge in [0.2, 0.25) is 11.8 Å². The topological polar surface area (TPSA) is 129 Å². The van der Waals surface area contributed by atoms with Crippen molar-refractivity contribution in [1.29, 1.82) is 5.41 Å². The predicted octanol–water partition coefficient (Wildman–Crippen LogP) is 3.32. The maximum absolute atomic E-state index is 12.3. The van der Waals surface area contributed by atoms with E-state index >= 15 is 0 Å². The minimum atomic E-state index is -0.418. The van der Waals surface area contributed by atoms with E-state index in [2.05, 4.69) is 31.9 Å². The molecule has 0 radical (unpaired) electrons. The summed E-state index contributed by atoms with van der Waals surface area (Å²) < 4.78 is 6.82. The zero-order valence-electron chi connectivity index (χ0n) is 18.6. The van der Waals surface area contributed by atoms with Crippen molar-refractivity contribution in [3.05, 3.63) is 58.1 Å². The highest BCUT2D eigenvalue weighted by atomic mass is 79.9. The molecule has 1 unspecified atom stereocenters. The Balaban J connectivity index is 1.47. The number of piperidine rings is 1. The Morgan fingerprint density at radius 1 is 1.18 bits per heavy atom. The number of nitrogen functional groups attached to an aromatic ring is 1. The van der Waals surface area contributed by atoms with Crippen molar-refractivity contribution in [3.63, 3.8) is 0 Å². The zero-order chi connectivity index (χ0) is 23.8. The molecule has 33 heavy (non-hydrogen) atoms. The van der Waals surface area contributed by atoms with Crippen LogP contribution in [0.4, 0.5) is 5.69 Å². The summed E-state index contributed by atoms with van der Waals surface area (Å²) in [5.41, 5.74) is 7.43. The molecule has 2 aromatic rings. The first kappa shape index (κ1) is 24.7. The number of carbonyl (C=O) groups excluding carboxylic acids is 2. The molecule has 0 bridgehead atoms. The van der Waals surface area contributed by atoms with Crippen molar-refractivity contribution >= 4 is 39.3 Å². The van der Waals surface area contributed by atoms with E-state index in [1.165, 1.54) is 0 Å². The summed E-state index contributed by atoms with van der Waals surface area (Å²) in [4.78, 5) is 24.5. The predicted molar refractivity (Wildman–Crippen MR) is 132 cm³/mol. The molecule has 1 aliphatic heterocycles. The second-order valence-corrected chi connectivity index (χ2v) is 9.05. The number of ether oxygens (including phenoxy) is 1. The summed E-state index contributed by atoms with van der Waals surface area (Å²) in [5.74, 6) is 0.510. The van der Waals surface area contributed by atoms with Crippen LogP contribution < -0.4 is 26.4 Å². The van der Waals surface area contributed by atoms with Gasteiger partial charge in [0.05, 0.1) is 17.1 Å². The Kier molecular flexibility index (Phi) is 8.85. The van der Waals surface area contributed by atoms with Gasteiger partial charge in [-0.05, 0) is 96.7 Å². The largest absolute Gasteiger partial charge is 0.492 e. The Bertz CT molecular complexity index is 990. The van der Waals surface area contributed by atoms with E-state index in [4.69, 9.17) is 15.9 Å². The summed E-state index contributed by atoms with van der Waals surface area (Å²) in [6.45, 7) is 4.64. The lowest BCUT2D eigenvalue weighted by Crippen LogP contribution is -2.30. The van der Waals surface area contributed by atoms with Gasteiger partial charge in [-0.25, -0.2) is 0 Å². The van der Waals surface area contributed by atoms with Crippen molar-refractivity contribution in [2.24, 2.45) is 11.7 Å². The van der Waals surface area contributed by atoms with Crippen LogP contribution in [0, 0.1) is 11.3 Å². The highest BCUT2D eigenvalue weighted by Gasteiger charge is 2.17. The van der Waals surface area contributed by atoms with Crippen LogP contribution in [0.5, 0.6) is 5.75 Å². The molecule has 0 spiro atoms. The molecular weight excluding hydrogens is 486 g/mol. The van der Waals surface area contributed by atoms with Gasteiger partial charge in [-0.15, -0.1) is 0 Å². The monoisotopic (exact) mass is 515 g/mol. The molecular formula is C24H30BrN5O3. The van der Waals surface area contributed by atoms with Gasteiger partial charge in [-0.3, -0.25) is 15.0 Å². The maximum Gasteiger partial charge on any atom is 0.233 e. The number of amides is 2. The number of anilines is 1. The molecule has 1 heterocycles. The SMILES string of the molecule is CC(NC(=O)CC(=O)Nc1ccc(C(=N)N)cc1)c1ccc(OCC2CCNCC2)c(Br)c1. The normalized spacial score (nSPS) is 14.8. The second-order valence-electron chi connectivity index (χ2n) is 8.20. The second kappa shape index (κ2) is 11.8. The molecule has 1 aliphatic rings. The van der Waals surface area contributed by atoms with E-state index < -0.39 is 5.91 Å². The molecule has 0 aromatic heterocycles. The smallest absolute Gasteiger partial charge is 0.233 e. The number of amidine groups is 1. The molecule has 0 aliphatic carbocycles. The van der Waals surface area contributed by atoms with Crippen LogP contribution in [-0.4, -0.2) is 37.3 Å². The van der Waals surface area contributed by atoms with Gasteiger partial charge in [0, 0.05) is 11.3 Å². The average molecular weight is 516 g/mol. The van der Waals surface area contributed by atoms with E-state index in [0.29, 0.717) is 23.8 Å². The van der Waals surface area contributed by atoms with Crippen LogP contribution >= 0.6 is 15.9 Å². The van der Waals surface area contributed by atoms with Crippen LogP contribution in [0.2, 0.25) is 0 Å². The maximum atomic E-state index is 12.3. The highest BCUT2D eigenvalue weighted by molar-refractivity contribution is 9.10. The van der Waals surface area contributed by atoms with E-state index in [9.17, 15) is 9.59 Å². The molecule has 1 atom stereocenters. The minimum absolute atomic E-state index is 0.0470. The lowest BCUT2D eigenvalue weighted by molar-refractivity contribution is -0.127. The van der Waals surface area contributed by atoms with Gasteiger partial charge in [-0.1, -0.05) is 6.07 Å². The van der Waals surface area contributed by atoms with Crippen LogP contribution in [0.1, 0.15) is 43.4 Å². The van der Waals surface area contributed by atoms with Crippen LogP contribution in [0.3, 0.4) is 0 Å². The number of benzene rings is 2. The number of nitrogens with one attached hydrogen (secondary N) is 4. The fourth-order valence-electron chi connectivity index (χ4n) is 3.62. The highest BCUT2D eigenvalue weighted by Crippen LogP contribution is 2.29.